The van der Waals surface area contributed by atoms with Gasteiger partial charge in [-0.3, -0.25) is 9.64 Å². The van der Waals surface area contributed by atoms with Crippen molar-refractivity contribution < 1.29 is 14.6 Å². The highest BCUT2D eigenvalue weighted by Gasteiger charge is 2.54. The normalized spacial score (nSPS) is 26.3. The molecule has 1 aromatic carbocycles. The minimum atomic E-state index is -0.391. The molecule has 2 atom stereocenters. The van der Waals surface area contributed by atoms with Gasteiger partial charge in [0, 0.05) is 42.8 Å². The molecule has 9 nitrogen and oxygen atoms in total. The molecule has 0 bridgehead atoms. The zero-order valence-corrected chi connectivity index (χ0v) is 20.6. The first-order valence-electron chi connectivity index (χ1n) is 12.5. The predicted molar refractivity (Wildman–Crippen MR) is 136 cm³/mol. The summed E-state index contributed by atoms with van der Waals surface area (Å²) in [4.78, 5) is 29.8. The zero-order valence-electron chi connectivity index (χ0n) is 19.8. The van der Waals surface area contributed by atoms with Gasteiger partial charge in [-0.15, -0.1) is 0 Å². The van der Waals surface area contributed by atoms with Crippen LogP contribution in [0.3, 0.4) is 0 Å². The van der Waals surface area contributed by atoms with Crippen molar-refractivity contribution in [3.05, 3.63) is 47.8 Å². The van der Waals surface area contributed by atoms with Crippen molar-refractivity contribution in [1.29, 1.82) is 0 Å². The molecule has 3 aliphatic rings. The van der Waals surface area contributed by atoms with E-state index < -0.39 is 6.10 Å². The Morgan fingerprint density at radius 3 is 2.72 bits per heavy atom. The van der Waals surface area contributed by atoms with Crippen molar-refractivity contribution in [3.8, 4) is 11.1 Å². The maximum Gasteiger partial charge on any atom is 0.287 e. The lowest BCUT2D eigenvalue weighted by atomic mass is 9.79. The number of nitrogens with zero attached hydrogens (tertiary/aromatic N) is 4. The van der Waals surface area contributed by atoms with Crippen LogP contribution < -0.4 is 10.6 Å². The van der Waals surface area contributed by atoms with Gasteiger partial charge in [-0.25, -0.2) is 26.8 Å². The third-order valence-electron chi connectivity index (χ3n) is 7.42. The number of carbonyl (C=O) groups is 1. The van der Waals surface area contributed by atoms with Crippen LogP contribution in [0.15, 0.2) is 30.6 Å². The quantitative estimate of drug-likeness (QED) is 0.399. The van der Waals surface area contributed by atoms with E-state index in [1.54, 1.807) is 12.4 Å². The van der Waals surface area contributed by atoms with Gasteiger partial charge in [0.1, 0.15) is 6.61 Å². The topological polar surface area (TPSA) is 114 Å². The standard InChI is InChI=1S/C26H28N6O3S/c1-27-26(7-8-26)32-18-9-16(10-18)24(34)31-25-30-19-6-5-15(11-22(19)36-25)17-12-28-23(29-13-17)14-35-21-4-2-3-20(21)33/h5-6,11-13,16,18,20-21,32-33H,2-4,7-10,14H2,(H,30,31,34)/t16?,18?,20-,21-/m0/s1. The number of rotatable bonds is 8. The van der Waals surface area contributed by atoms with E-state index in [4.69, 9.17) is 11.3 Å². The number of hydrogen-bond acceptors (Lipinski definition) is 8. The number of anilines is 1. The molecule has 2 heterocycles. The van der Waals surface area contributed by atoms with Crippen molar-refractivity contribution in [1.82, 2.24) is 20.3 Å². The van der Waals surface area contributed by atoms with Crippen LogP contribution in [0, 0.1) is 12.5 Å². The summed E-state index contributed by atoms with van der Waals surface area (Å²) in [6, 6.07) is 6.21. The Labute approximate surface area is 213 Å². The molecule has 186 valence electrons. The molecule has 3 fully saturated rings. The largest absolute Gasteiger partial charge is 0.390 e. The number of aliphatic hydroxyl groups excluding tert-OH is 1. The van der Waals surface area contributed by atoms with E-state index in [2.05, 4.69) is 30.4 Å². The fourth-order valence-electron chi connectivity index (χ4n) is 4.96. The van der Waals surface area contributed by atoms with Gasteiger partial charge in [0.05, 0.1) is 22.4 Å². The number of amides is 1. The van der Waals surface area contributed by atoms with Crippen molar-refractivity contribution >= 4 is 32.6 Å². The average molecular weight is 505 g/mol. The number of thiazole rings is 1. The number of carbonyl (C=O) groups excluding carboxylic acids is 1. The van der Waals surface area contributed by atoms with E-state index in [1.807, 2.05) is 18.2 Å². The lowest BCUT2D eigenvalue weighted by molar-refractivity contribution is -0.123. The number of aromatic nitrogens is 3. The van der Waals surface area contributed by atoms with E-state index in [0.717, 1.165) is 66.3 Å². The molecular formula is C26H28N6O3S. The summed E-state index contributed by atoms with van der Waals surface area (Å²) in [7, 11) is 0. The Balaban J connectivity index is 1.05. The number of nitrogens with one attached hydrogen (secondary N) is 2. The molecule has 10 heteroatoms. The molecule has 36 heavy (non-hydrogen) atoms. The molecule has 0 aliphatic heterocycles. The van der Waals surface area contributed by atoms with Crippen LogP contribution in [-0.4, -0.2) is 49.9 Å². The van der Waals surface area contributed by atoms with E-state index in [9.17, 15) is 9.90 Å². The van der Waals surface area contributed by atoms with Crippen LogP contribution in [0.4, 0.5) is 5.13 Å². The Morgan fingerprint density at radius 2 is 2.03 bits per heavy atom. The van der Waals surface area contributed by atoms with Crippen LogP contribution in [-0.2, 0) is 16.1 Å². The Kier molecular flexibility index (Phi) is 6.17. The summed E-state index contributed by atoms with van der Waals surface area (Å²) in [5, 5.41) is 16.9. The number of benzene rings is 1. The molecular weight excluding hydrogens is 476 g/mol. The van der Waals surface area contributed by atoms with Gasteiger partial charge in [0.25, 0.3) is 5.66 Å². The smallest absolute Gasteiger partial charge is 0.287 e. The first-order chi connectivity index (χ1) is 17.5. The number of aliphatic hydroxyl groups is 1. The molecule has 3 aliphatic carbocycles. The van der Waals surface area contributed by atoms with Crippen LogP contribution in [0.2, 0.25) is 0 Å². The first-order valence-corrected chi connectivity index (χ1v) is 13.3. The molecule has 3 saturated carbocycles. The monoisotopic (exact) mass is 504 g/mol. The summed E-state index contributed by atoms with van der Waals surface area (Å²) in [5.74, 6) is 0.552. The molecule has 0 saturated heterocycles. The van der Waals surface area contributed by atoms with Gasteiger partial charge in [-0.2, -0.15) is 0 Å². The van der Waals surface area contributed by atoms with E-state index >= 15 is 0 Å². The Bertz CT molecular complexity index is 1310. The van der Waals surface area contributed by atoms with Crippen molar-refractivity contribution in [3.63, 3.8) is 0 Å². The minimum Gasteiger partial charge on any atom is -0.390 e. The molecule has 3 aromatic rings. The summed E-state index contributed by atoms with van der Waals surface area (Å²) >= 11 is 1.45. The van der Waals surface area contributed by atoms with Gasteiger partial charge in [0.15, 0.2) is 11.0 Å². The van der Waals surface area contributed by atoms with E-state index in [-0.39, 0.29) is 36.2 Å². The Hall–Kier alpha value is -2.97. The fraction of sp³-hybridized carbons (Fsp3) is 0.500. The average Bonchev–Trinajstić information content (AvgIpc) is 3.34. The van der Waals surface area contributed by atoms with Gasteiger partial charge < -0.3 is 15.2 Å². The number of hydrogen-bond donors (Lipinski definition) is 3. The third-order valence-corrected chi connectivity index (χ3v) is 8.35. The molecule has 3 N–H and O–H groups in total. The second-order valence-electron chi connectivity index (χ2n) is 10.1. The summed E-state index contributed by atoms with van der Waals surface area (Å²) in [6.45, 7) is 7.57. The maximum atomic E-state index is 12.7. The fourth-order valence-corrected chi connectivity index (χ4v) is 5.87. The first kappa shape index (κ1) is 23.4. The van der Waals surface area contributed by atoms with Crippen molar-refractivity contribution in [2.24, 2.45) is 5.92 Å². The van der Waals surface area contributed by atoms with Gasteiger partial charge in [-0.1, -0.05) is 17.4 Å². The summed E-state index contributed by atoms with van der Waals surface area (Å²) < 4.78 is 6.75. The molecule has 0 unspecified atom stereocenters. The minimum absolute atomic E-state index is 0.00341. The molecule has 1 amide bonds. The van der Waals surface area contributed by atoms with Gasteiger partial charge >= 0.3 is 0 Å². The van der Waals surface area contributed by atoms with E-state index in [1.165, 1.54) is 11.3 Å². The van der Waals surface area contributed by atoms with Crippen LogP contribution in [0.25, 0.3) is 26.2 Å². The van der Waals surface area contributed by atoms with Crippen molar-refractivity contribution in [2.45, 2.75) is 75.5 Å². The van der Waals surface area contributed by atoms with E-state index in [0.29, 0.717) is 11.0 Å². The van der Waals surface area contributed by atoms with Crippen LogP contribution in [0.1, 0.15) is 50.8 Å². The molecule has 2 aromatic heterocycles. The highest BCUT2D eigenvalue weighted by atomic mass is 32.1. The zero-order chi connectivity index (χ0) is 24.7. The second kappa shape index (κ2) is 9.48. The lowest BCUT2D eigenvalue weighted by Gasteiger charge is -2.34. The van der Waals surface area contributed by atoms with Crippen LogP contribution >= 0.6 is 11.3 Å². The SMILES string of the molecule is [C-]#[N+]C1(NC2CC(C(=O)Nc3nc4ccc(-c5cnc(CO[C@H]6CCC[C@@H]6O)nc5)cc4s3)C2)CC1. The molecule has 6 rings (SSSR count). The predicted octanol–water partition coefficient (Wildman–Crippen LogP) is 3.90. The maximum absolute atomic E-state index is 12.7. The highest BCUT2D eigenvalue weighted by molar-refractivity contribution is 7.22. The van der Waals surface area contributed by atoms with Gasteiger partial charge in [-0.05, 0) is 49.8 Å². The third kappa shape index (κ3) is 4.84. The molecule has 0 radical (unpaired) electrons. The second-order valence-corrected chi connectivity index (χ2v) is 11.1. The Morgan fingerprint density at radius 1 is 1.22 bits per heavy atom. The van der Waals surface area contributed by atoms with Crippen molar-refractivity contribution in [2.75, 3.05) is 5.32 Å². The summed E-state index contributed by atoms with van der Waals surface area (Å²) in [6.07, 6.45) is 9.04. The highest BCUT2D eigenvalue weighted by Crippen LogP contribution is 2.41. The summed E-state index contributed by atoms with van der Waals surface area (Å²) in [5.41, 5.74) is 2.35. The lowest BCUT2D eigenvalue weighted by Crippen LogP contribution is -2.49. The number of ether oxygens (including phenoxy) is 1. The number of fused-ring (bicyclic) bond motifs is 1. The van der Waals surface area contributed by atoms with Crippen LogP contribution in [0.5, 0.6) is 0 Å². The van der Waals surface area contributed by atoms with Gasteiger partial charge in [0.2, 0.25) is 5.91 Å². The molecule has 0 spiro atoms.